The Morgan fingerprint density at radius 3 is 2.23 bits per heavy atom. The van der Waals surface area contributed by atoms with E-state index in [2.05, 4.69) is 29.7 Å². The minimum atomic E-state index is -0.426. The molecule has 1 rings (SSSR count). The molecule has 122 valence electrons. The molecule has 0 aliphatic heterocycles. The molecule has 2 N–H and O–H groups in total. The summed E-state index contributed by atoms with van der Waals surface area (Å²) in [6.07, 6.45) is 1.30. The molecular weight excluding hydrogens is 276 g/mol. The van der Waals surface area contributed by atoms with E-state index in [0.29, 0.717) is 13.0 Å². The van der Waals surface area contributed by atoms with Gasteiger partial charge in [0.2, 0.25) is 11.8 Å². The van der Waals surface area contributed by atoms with Crippen LogP contribution in [0.4, 0.5) is 0 Å². The third-order valence-electron chi connectivity index (χ3n) is 3.58. The van der Waals surface area contributed by atoms with Crippen molar-refractivity contribution in [3.05, 3.63) is 35.4 Å². The van der Waals surface area contributed by atoms with Crippen molar-refractivity contribution in [2.75, 3.05) is 6.54 Å². The predicted octanol–water partition coefficient (Wildman–Crippen LogP) is 2.98. The van der Waals surface area contributed by atoms with Gasteiger partial charge < -0.3 is 10.6 Å². The van der Waals surface area contributed by atoms with Crippen molar-refractivity contribution >= 4 is 11.8 Å². The number of hydrogen-bond acceptors (Lipinski definition) is 2. The second-order valence-corrected chi connectivity index (χ2v) is 6.64. The maximum Gasteiger partial charge on any atom is 0.225 e. The maximum atomic E-state index is 11.9. The molecule has 4 heteroatoms. The molecule has 0 aliphatic carbocycles. The largest absolute Gasteiger partial charge is 0.355 e. The van der Waals surface area contributed by atoms with E-state index < -0.39 is 5.41 Å². The molecule has 1 unspecified atom stereocenters. The summed E-state index contributed by atoms with van der Waals surface area (Å²) in [6.45, 7) is 10.0. The summed E-state index contributed by atoms with van der Waals surface area (Å²) in [5.41, 5.74) is 1.95. The molecule has 0 aromatic heterocycles. The van der Waals surface area contributed by atoms with E-state index in [1.807, 2.05) is 39.8 Å². The minimum absolute atomic E-state index is 0.0308. The minimum Gasteiger partial charge on any atom is -0.355 e. The highest BCUT2D eigenvalue weighted by atomic mass is 16.2. The average Bonchev–Trinajstić information content (AvgIpc) is 2.46. The van der Waals surface area contributed by atoms with Crippen molar-refractivity contribution in [3.63, 3.8) is 0 Å². The zero-order valence-electron chi connectivity index (χ0n) is 14.3. The predicted molar refractivity (Wildman–Crippen MR) is 89.5 cm³/mol. The molecule has 0 aliphatic rings. The molecule has 1 atom stereocenters. The Kier molecular flexibility index (Phi) is 6.60. The van der Waals surface area contributed by atoms with Gasteiger partial charge in [0.15, 0.2) is 0 Å². The zero-order valence-corrected chi connectivity index (χ0v) is 14.3. The van der Waals surface area contributed by atoms with E-state index in [-0.39, 0.29) is 17.9 Å². The number of rotatable bonds is 6. The Hall–Kier alpha value is -1.84. The van der Waals surface area contributed by atoms with Crippen LogP contribution in [0.1, 0.15) is 58.2 Å². The number of benzene rings is 1. The van der Waals surface area contributed by atoms with Gasteiger partial charge in [0, 0.05) is 18.4 Å². The fourth-order valence-electron chi connectivity index (χ4n) is 1.99. The number of aryl methyl sites for hydroxylation is 1. The Balaban J connectivity index is 2.39. The quantitative estimate of drug-likeness (QED) is 0.849. The molecule has 0 spiro atoms. The molecule has 0 fully saturated rings. The Morgan fingerprint density at radius 2 is 1.73 bits per heavy atom. The smallest absolute Gasteiger partial charge is 0.225 e. The topological polar surface area (TPSA) is 58.2 Å². The van der Waals surface area contributed by atoms with Gasteiger partial charge in [0.1, 0.15) is 0 Å². The van der Waals surface area contributed by atoms with Gasteiger partial charge >= 0.3 is 0 Å². The summed E-state index contributed by atoms with van der Waals surface area (Å²) in [6, 6.07) is 8.23. The van der Waals surface area contributed by atoms with Crippen molar-refractivity contribution in [2.24, 2.45) is 5.41 Å². The normalized spacial score (nSPS) is 12.6. The standard InChI is InChI=1S/C18H28N2O2/c1-6-14-7-9-15(10-8-14)13(2)20-16(21)11-12-19-17(22)18(3,4)5/h7-10,13H,6,11-12H2,1-5H3,(H,19,22)(H,20,21). The van der Waals surface area contributed by atoms with Crippen LogP contribution in [0.2, 0.25) is 0 Å². The molecule has 2 amide bonds. The lowest BCUT2D eigenvalue weighted by atomic mass is 9.96. The SMILES string of the molecule is CCc1ccc(C(C)NC(=O)CCNC(=O)C(C)(C)C)cc1. The van der Waals surface area contributed by atoms with Crippen LogP contribution in [0.25, 0.3) is 0 Å². The number of hydrogen-bond donors (Lipinski definition) is 2. The number of nitrogens with one attached hydrogen (secondary N) is 2. The first-order valence-electron chi connectivity index (χ1n) is 7.90. The van der Waals surface area contributed by atoms with Crippen molar-refractivity contribution in [1.82, 2.24) is 10.6 Å². The second-order valence-electron chi connectivity index (χ2n) is 6.64. The fourth-order valence-corrected chi connectivity index (χ4v) is 1.99. The molecule has 0 radical (unpaired) electrons. The van der Waals surface area contributed by atoms with Crippen LogP contribution in [0.3, 0.4) is 0 Å². The van der Waals surface area contributed by atoms with Crippen LogP contribution in [-0.4, -0.2) is 18.4 Å². The summed E-state index contributed by atoms with van der Waals surface area (Å²) in [4.78, 5) is 23.6. The summed E-state index contributed by atoms with van der Waals surface area (Å²) < 4.78 is 0. The van der Waals surface area contributed by atoms with Gasteiger partial charge in [-0.25, -0.2) is 0 Å². The molecular formula is C18H28N2O2. The van der Waals surface area contributed by atoms with Crippen molar-refractivity contribution in [3.8, 4) is 0 Å². The molecule has 0 saturated heterocycles. The van der Waals surface area contributed by atoms with E-state index in [4.69, 9.17) is 0 Å². The summed E-state index contributed by atoms with van der Waals surface area (Å²) in [5, 5.41) is 5.74. The van der Waals surface area contributed by atoms with Crippen molar-refractivity contribution in [1.29, 1.82) is 0 Å². The first-order valence-corrected chi connectivity index (χ1v) is 7.90. The lowest BCUT2D eigenvalue weighted by Crippen LogP contribution is -2.37. The summed E-state index contributed by atoms with van der Waals surface area (Å²) in [5.74, 6) is -0.0928. The van der Waals surface area contributed by atoms with E-state index in [0.717, 1.165) is 12.0 Å². The average molecular weight is 304 g/mol. The van der Waals surface area contributed by atoms with Gasteiger partial charge in [-0.15, -0.1) is 0 Å². The third kappa shape index (κ3) is 5.88. The first-order chi connectivity index (χ1) is 10.2. The van der Waals surface area contributed by atoms with Gasteiger partial charge in [-0.3, -0.25) is 9.59 Å². The van der Waals surface area contributed by atoms with Crippen molar-refractivity contribution in [2.45, 2.75) is 53.5 Å². The molecule has 0 bridgehead atoms. The molecule has 0 saturated carbocycles. The number of carbonyl (C=O) groups is 2. The first kappa shape index (κ1) is 18.2. The Bertz CT molecular complexity index is 501. The fraction of sp³-hybridized carbons (Fsp3) is 0.556. The molecule has 0 heterocycles. The van der Waals surface area contributed by atoms with E-state index in [9.17, 15) is 9.59 Å². The van der Waals surface area contributed by atoms with Gasteiger partial charge in [0.25, 0.3) is 0 Å². The lowest BCUT2D eigenvalue weighted by Gasteiger charge is -2.18. The Labute approximate surface area is 133 Å². The van der Waals surface area contributed by atoms with Crippen molar-refractivity contribution < 1.29 is 9.59 Å². The van der Waals surface area contributed by atoms with Crippen LogP contribution >= 0.6 is 0 Å². The van der Waals surface area contributed by atoms with E-state index >= 15 is 0 Å². The van der Waals surface area contributed by atoms with Crippen LogP contribution in [-0.2, 0) is 16.0 Å². The highest BCUT2D eigenvalue weighted by Gasteiger charge is 2.20. The van der Waals surface area contributed by atoms with Gasteiger partial charge in [-0.1, -0.05) is 52.0 Å². The third-order valence-corrected chi connectivity index (χ3v) is 3.58. The van der Waals surface area contributed by atoms with Crippen LogP contribution in [0, 0.1) is 5.41 Å². The highest BCUT2D eigenvalue weighted by molar-refractivity contribution is 5.82. The van der Waals surface area contributed by atoms with E-state index in [1.54, 1.807) is 0 Å². The molecule has 1 aromatic carbocycles. The van der Waals surface area contributed by atoms with E-state index in [1.165, 1.54) is 5.56 Å². The molecule has 4 nitrogen and oxygen atoms in total. The number of amides is 2. The maximum absolute atomic E-state index is 11.9. The van der Waals surface area contributed by atoms with Gasteiger partial charge in [-0.2, -0.15) is 0 Å². The molecule has 22 heavy (non-hydrogen) atoms. The second kappa shape index (κ2) is 7.97. The van der Waals surface area contributed by atoms with Gasteiger partial charge in [-0.05, 0) is 24.5 Å². The lowest BCUT2D eigenvalue weighted by molar-refractivity contribution is -0.128. The van der Waals surface area contributed by atoms with Crippen LogP contribution in [0.15, 0.2) is 24.3 Å². The van der Waals surface area contributed by atoms with Crippen LogP contribution in [0.5, 0.6) is 0 Å². The zero-order chi connectivity index (χ0) is 16.8. The molecule has 1 aromatic rings. The highest BCUT2D eigenvalue weighted by Crippen LogP contribution is 2.14. The van der Waals surface area contributed by atoms with Gasteiger partial charge in [0.05, 0.1) is 6.04 Å². The Morgan fingerprint density at radius 1 is 1.14 bits per heavy atom. The summed E-state index contributed by atoms with van der Waals surface area (Å²) >= 11 is 0. The monoisotopic (exact) mass is 304 g/mol. The number of carbonyl (C=O) groups excluding carboxylic acids is 2. The van der Waals surface area contributed by atoms with Crippen LogP contribution < -0.4 is 10.6 Å². The summed E-state index contributed by atoms with van der Waals surface area (Å²) in [7, 11) is 0.